The van der Waals surface area contributed by atoms with E-state index < -0.39 is 5.97 Å². The van der Waals surface area contributed by atoms with Gasteiger partial charge in [0.25, 0.3) is 0 Å². The van der Waals surface area contributed by atoms with Gasteiger partial charge >= 0.3 is 5.97 Å². The van der Waals surface area contributed by atoms with Crippen molar-refractivity contribution in [2.45, 2.75) is 32.4 Å². The molecule has 5 heteroatoms. The largest absolute Gasteiger partial charge is 0.496 e. The van der Waals surface area contributed by atoms with Gasteiger partial charge in [-0.3, -0.25) is 4.79 Å². The summed E-state index contributed by atoms with van der Waals surface area (Å²) in [6.07, 6.45) is 0.746. The smallest absolute Gasteiger partial charge is 0.303 e. The molecule has 1 aromatic rings. The number of nitrogens with one attached hydrogen (secondary N) is 1. The molecule has 0 saturated carbocycles. The van der Waals surface area contributed by atoms with E-state index in [1.807, 2.05) is 25.1 Å². The first-order valence-electron chi connectivity index (χ1n) is 5.81. The van der Waals surface area contributed by atoms with E-state index in [4.69, 9.17) is 21.4 Å². The predicted molar refractivity (Wildman–Crippen MR) is 71.2 cm³/mol. The summed E-state index contributed by atoms with van der Waals surface area (Å²) in [7, 11) is 1.60. The molecule has 0 aliphatic carbocycles. The number of hydrogen-bond donors (Lipinski definition) is 2. The molecule has 1 unspecified atom stereocenters. The van der Waals surface area contributed by atoms with Crippen molar-refractivity contribution in [1.82, 2.24) is 5.32 Å². The van der Waals surface area contributed by atoms with Crippen LogP contribution in [0.1, 0.15) is 25.3 Å². The van der Waals surface area contributed by atoms with E-state index in [0.29, 0.717) is 18.0 Å². The molecule has 1 rings (SSSR count). The number of carbonyl (C=O) groups is 1. The average Bonchev–Trinajstić information content (AvgIpc) is 2.34. The maximum absolute atomic E-state index is 10.5. The van der Waals surface area contributed by atoms with Gasteiger partial charge in [-0.15, -0.1) is 0 Å². The quantitative estimate of drug-likeness (QED) is 0.801. The van der Waals surface area contributed by atoms with Crippen LogP contribution in [0.3, 0.4) is 0 Å². The van der Waals surface area contributed by atoms with E-state index in [1.165, 1.54) is 0 Å². The topological polar surface area (TPSA) is 58.6 Å². The van der Waals surface area contributed by atoms with Crippen molar-refractivity contribution in [1.29, 1.82) is 0 Å². The van der Waals surface area contributed by atoms with Crippen LogP contribution < -0.4 is 10.1 Å². The summed E-state index contributed by atoms with van der Waals surface area (Å²) in [5.41, 5.74) is 0.892. The minimum Gasteiger partial charge on any atom is -0.496 e. The standard InChI is InChI=1S/C13H18ClNO3/c1-9(6-7-13(16)17)15-8-10-11(14)4-3-5-12(10)18-2/h3-5,9,15H,6-8H2,1-2H3,(H,16,17). The Bertz CT molecular complexity index is 409. The third-order valence-corrected chi connectivity index (χ3v) is 3.07. The second-order valence-electron chi connectivity index (χ2n) is 4.14. The lowest BCUT2D eigenvalue weighted by Gasteiger charge is -2.15. The molecule has 0 bridgehead atoms. The van der Waals surface area contributed by atoms with Crippen LogP contribution in [0.4, 0.5) is 0 Å². The van der Waals surface area contributed by atoms with Crippen molar-refractivity contribution in [3.63, 3.8) is 0 Å². The Labute approximate surface area is 112 Å². The summed E-state index contributed by atoms with van der Waals surface area (Å²) in [5.74, 6) is -0.0422. The van der Waals surface area contributed by atoms with Crippen LogP contribution >= 0.6 is 11.6 Å². The molecule has 1 atom stereocenters. The first-order valence-corrected chi connectivity index (χ1v) is 6.19. The number of hydrogen-bond acceptors (Lipinski definition) is 3. The molecule has 100 valence electrons. The van der Waals surface area contributed by atoms with Crippen LogP contribution in [0.5, 0.6) is 5.75 Å². The van der Waals surface area contributed by atoms with Crippen molar-refractivity contribution >= 4 is 17.6 Å². The van der Waals surface area contributed by atoms with Crippen molar-refractivity contribution in [3.05, 3.63) is 28.8 Å². The van der Waals surface area contributed by atoms with Gasteiger partial charge in [0.15, 0.2) is 0 Å². The normalized spacial score (nSPS) is 12.2. The van der Waals surface area contributed by atoms with Gasteiger partial charge in [-0.05, 0) is 25.5 Å². The monoisotopic (exact) mass is 271 g/mol. The van der Waals surface area contributed by atoms with Crippen molar-refractivity contribution < 1.29 is 14.6 Å². The van der Waals surface area contributed by atoms with Crippen molar-refractivity contribution in [3.8, 4) is 5.75 Å². The molecule has 0 aliphatic rings. The van der Waals surface area contributed by atoms with Crippen LogP contribution in [0.2, 0.25) is 5.02 Å². The second kappa shape index (κ2) is 7.24. The van der Waals surface area contributed by atoms with Gasteiger partial charge in [-0.25, -0.2) is 0 Å². The summed E-state index contributed by atoms with van der Waals surface area (Å²) >= 11 is 6.11. The number of methoxy groups -OCH3 is 1. The van der Waals surface area contributed by atoms with E-state index in [2.05, 4.69) is 5.32 Å². The van der Waals surface area contributed by atoms with Crippen LogP contribution in [0.15, 0.2) is 18.2 Å². The average molecular weight is 272 g/mol. The zero-order valence-corrected chi connectivity index (χ0v) is 11.3. The highest BCUT2D eigenvalue weighted by molar-refractivity contribution is 6.31. The first kappa shape index (κ1) is 14.8. The Balaban J connectivity index is 2.55. The second-order valence-corrected chi connectivity index (χ2v) is 4.54. The zero-order chi connectivity index (χ0) is 13.5. The highest BCUT2D eigenvalue weighted by Gasteiger charge is 2.10. The Morgan fingerprint density at radius 2 is 2.28 bits per heavy atom. The molecule has 0 spiro atoms. The van der Waals surface area contributed by atoms with Gasteiger partial charge < -0.3 is 15.2 Å². The predicted octanol–water partition coefficient (Wildman–Crippen LogP) is 2.69. The number of carboxylic acid groups (broad SMARTS) is 1. The maximum Gasteiger partial charge on any atom is 0.303 e. The minimum atomic E-state index is -0.779. The van der Waals surface area contributed by atoms with Gasteiger partial charge in [-0.1, -0.05) is 17.7 Å². The number of aliphatic carboxylic acids is 1. The minimum absolute atomic E-state index is 0.113. The van der Waals surface area contributed by atoms with Crippen LogP contribution in [0, 0.1) is 0 Å². The number of ether oxygens (including phenoxy) is 1. The number of halogens is 1. The van der Waals surface area contributed by atoms with E-state index in [-0.39, 0.29) is 12.5 Å². The molecular weight excluding hydrogens is 254 g/mol. The lowest BCUT2D eigenvalue weighted by molar-refractivity contribution is -0.137. The summed E-state index contributed by atoms with van der Waals surface area (Å²) in [4.78, 5) is 10.5. The molecule has 0 fully saturated rings. The van der Waals surface area contributed by atoms with Crippen LogP contribution in [-0.2, 0) is 11.3 Å². The van der Waals surface area contributed by atoms with E-state index in [0.717, 1.165) is 11.3 Å². The molecule has 1 aromatic carbocycles. The third-order valence-electron chi connectivity index (χ3n) is 2.71. The maximum atomic E-state index is 10.5. The highest BCUT2D eigenvalue weighted by atomic mass is 35.5. The van der Waals surface area contributed by atoms with Crippen LogP contribution in [-0.4, -0.2) is 24.2 Å². The summed E-state index contributed by atoms with van der Waals surface area (Å²) in [6.45, 7) is 2.51. The summed E-state index contributed by atoms with van der Waals surface area (Å²) in [6, 6.07) is 5.61. The molecule has 0 aromatic heterocycles. The fourth-order valence-electron chi connectivity index (χ4n) is 1.62. The number of carboxylic acids is 1. The highest BCUT2D eigenvalue weighted by Crippen LogP contribution is 2.26. The molecule has 0 saturated heterocycles. The SMILES string of the molecule is COc1cccc(Cl)c1CNC(C)CCC(=O)O. The van der Waals surface area contributed by atoms with Crippen molar-refractivity contribution in [2.24, 2.45) is 0 Å². The summed E-state index contributed by atoms with van der Waals surface area (Å²) < 4.78 is 5.24. The molecule has 2 N–H and O–H groups in total. The van der Waals surface area contributed by atoms with Crippen LogP contribution in [0.25, 0.3) is 0 Å². The molecule has 0 radical (unpaired) electrons. The van der Waals surface area contributed by atoms with E-state index in [9.17, 15) is 4.79 Å². The summed E-state index contributed by atoms with van der Waals surface area (Å²) in [5, 5.41) is 12.5. The lowest BCUT2D eigenvalue weighted by Crippen LogP contribution is -2.26. The Hall–Kier alpha value is -1.26. The van der Waals surface area contributed by atoms with E-state index in [1.54, 1.807) is 7.11 Å². The Kier molecular flexibility index (Phi) is 5.95. The Morgan fingerprint density at radius 3 is 2.89 bits per heavy atom. The number of benzene rings is 1. The molecular formula is C13H18ClNO3. The molecule has 0 amide bonds. The third kappa shape index (κ3) is 4.55. The van der Waals surface area contributed by atoms with Gasteiger partial charge in [0.05, 0.1) is 7.11 Å². The number of rotatable bonds is 7. The zero-order valence-electron chi connectivity index (χ0n) is 10.6. The molecule has 0 aliphatic heterocycles. The van der Waals surface area contributed by atoms with Gasteiger partial charge in [0.2, 0.25) is 0 Å². The molecule has 18 heavy (non-hydrogen) atoms. The van der Waals surface area contributed by atoms with E-state index >= 15 is 0 Å². The fraction of sp³-hybridized carbons (Fsp3) is 0.462. The van der Waals surface area contributed by atoms with Gasteiger partial charge in [0.1, 0.15) is 5.75 Å². The first-order chi connectivity index (χ1) is 8.54. The van der Waals surface area contributed by atoms with Gasteiger partial charge in [-0.2, -0.15) is 0 Å². The molecule has 4 nitrogen and oxygen atoms in total. The van der Waals surface area contributed by atoms with Gasteiger partial charge in [0, 0.05) is 29.6 Å². The van der Waals surface area contributed by atoms with Crippen molar-refractivity contribution in [2.75, 3.05) is 7.11 Å². The lowest BCUT2D eigenvalue weighted by atomic mass is 10.1. The molecule has 0 heterocycles. The fourth-order valence-corrected chi connectivity index (χ4v) is 1.85. The Morgan fingerprint density at radius 1 is 1.56 bits per heavy atom.